The predicted octanol–water partition coefficient (Wildman–Crippen LogP) is 1.63. The van der Waals surface area contributed by atoms with E-state index in [1.165, 1.54) is 0 Å². The molecule has 2 aromatic rings. The number of hydrogen-bond acceptors (Lipinski definition) is 6. The van der Waals surface area contributed by atoms with Gasteiger partial charge < -0.3 is 14.2 Å². The molecule has 1 fully saturated rings. The van der Waals surface area contributed by atoms with E-state index in [4.69, 9.17) is 4.42 Å². The molecule has 3 heterocycles. The molecular weight excluding hydrogens is 318 g/mol. The van der Waals surface area contributed by atoms with Crippen LogP contribution in [0.15, 0.2) is 41.1 Å². The number of amides is 1. The molecule has 0 radical (unpaired) electrons. The van der Waals surface area contributed by atoms with Gasteiger partial charge in [0.1, 0.15) is 5.76 Å². The van der Waals surface area contributed by atoms with E-state index in [9.17, 15) is 4.79 Å². The summed E-state index contributed by atoms with van der Waals surface area (Å²) in [5, 5.41) is 8.16. The Balaban J connectivity index is 1.53. The average molecular weight is 343 g/mol. The second-order valence-electron chi connectivity index (χ2n) is 6.57. The highest BCUT2D eigenvalue weighted by molar-refractivity contribution is 5.77. The molecule has 2 aromatic heterocycles. The van der Waals surface area contributed by atoms with Gasteiger partial charge in [0.25, 0.3) is 0 Å². The summed E-state index contributed by atoms with van der Waals surface area (Å²) in [7, 11) is 3.83. The largest absolute Gasteiger partial charge is 0.467 e. The van der Waals surface area contributed by atoms with Crippen molar-refractivity contribution in [1.82, 2.24) is 20.0 Å². The van der Waals surface area contributed by atoms with Gasteiger partial charge in [0.2, 0.25) is 5.91 Å². The molecule has 0 aliphatic carbocycles. The zero-order valence-corrected chi connectivity index (χ0v) is 14.8. The van der Waals surface area contributed by atoms with Crippen LogP contribution in [0, 0.1) is 0 Å². The van der Waals surface area contributed by atoms with E-state index in [0.717, 1.165) is 37.5 Å². The molecule has 0 aromatic carbocycles. The second kappa shape index (κ2) is 8.11. The van der Waals surface area contributed by atoms with Gasteiger partial charge in [-0.15, -0.1) is 5.10 Å². The maximum absolute atomic E-state index is 12.5. The number of nitrogens with zero attached hydrogens (tertiary/aromatic N) is 5. The van der Waals surface area contributed by atoms with E-state index in [-0.39, 0.29) is 5.91 Å². The SMILES string of the molecule is CN(Cc1ccco1)C(=O)CN(C)[C@H]1CCCN(c2cccnn2)C1. The molecule has 3 rings (SSSR count). The molecule has 0 unspecified atom stereocenters. The van der Waals surface area contributed by atoms with Crippen molar-refractivity contribution in [1.29, 1.82) is 0 Å². The summed E-state index contributed by atoms with van der Waals surface area (Å²) < 4.78 is 5.31. The number of piperidine rings is 1. The Hall–Kier alpha value is -2.41. The summed E-state index contributed by atoms with van der Waals surface area (Å²) >= 11 is 0. The molecule has 134 valence electrons. The number of hydrogen-bond donors (Lipinski definition) is 0. The minimum absolute atomic E-state index is 0.0931. The minimum atomic E-state index is 0.0931. The predicted molar refractivity (Wildman–Crippen MR) is 95.1 cm³/mol. The Morgan fingerprint density at radius 2 is 2.24 bits per heavy atom. The third-order valence-corrected chi connectivity index (χ3v) is 4.69. The van der Waals surface area contributed by atoms with Gasteiger partial charge in [0.15, 0.2) is 5.82 Å². The summed E-state index contributed by atoms with van der Waals surface area (Å²) in [4.78, 5) is 18.6. The first-order valence-electron chi connectivity index (χ1n) is 8.62. The molecule has 0 bridgehead atoms. The Labute approximate surface area is 148 Å². The van der Waals surface area contributed by atoms with Crippen LogP contribution in [0.25, 0.3) is 0 Å². The van der Waals surface area contributed by atoms with Crippen molar-refractivity contribution in [2.75, 3.05) is 38.6 Å². The van der Waals surface area contributed by atoms with Crippen molar-refractivity contribution in [3.8, 4) is 0 Å². The van der Waals surface area contributed by atoms with Gasteiger partial charge in [-0.25, -0.2) is 0 Å². The number of likely N-dealkylation sites (N-methyl/N-ethyl adjacent to an activating group) is 2. The highest BCUT2D eigenvalue weighted by Crippen LogP contribution is 2.19. The van der Waals surface area contributed by atoms with Gasteiger partial charge in [-0.3, -0.25) is 9.69 Å². The molecule has 0 spiro atoms. The van der Waals surface area contributed by atoms with Gasteiger partial charge >= 0.3 is 0 Å². The van der Waals surface area contributed by atoms with Crippen LogP contribution < -0.4 is 4.90 Å². The zero-order valence-electron chi connectivity index (χ0n) is 14.8. The molecule has 1 aliphatic heterocycles. The van der Waals surface area contributed by atoms with Crippen LogP contribution in [0.1, 0.15) is 18.6 Å². The van der Waals surface area contributed by atoms with Crippen LogP contribution in [0.4, 0.5) is 5.82 Å². The molecule has 1 saturated heterocycles. The first kappa shape index (κ1) is 17.4. The van der Waals surface area contributed by atoms with Crippen LogP contribution in [-0.2, 0) is 11.3 Å². The lowest BCUT2D eigenvalue weighted by atomic mass is 10.0. The molecule has 0 N–H and O–H groups in total. The molecule has 7 nitrogen and oxygen atoms in total. The second-order valence-corrected chi connectivity index (χ2v) is 6.57. The number of carbonyl (C=O) groups is 1. The number of aromatic nitrogens is 2. The smallest absolute Gasteiger partial charge is 0.236 e. The Kier molecular flexibility index (Phi) is 5.65. The fourth-order valence-electron chi connectivity index (χ4n) is 3.17. The van der Waals surface area contributed by atoms with E-state index < -0.39 is 0 Å². The van der Waals surface area contributed by atoms with Crippen LogP contribution in [0.3, 0.4) is 0 Å². The monoisotopic (exact) mass is 343 g/mol. The molecule has 1 atom stereocenters. The summed E-state index contributed by atoms with van der Waals surface area (Å²) in [5.41, 5.74) is 0. The van der Waals surface area contributed by atoms with Crippen LogP contribution in [0.2, 0.25) is 0 Å². The van der Waals surface area contributed by atoms with Crippen molar-refractivity contribution in [2.45, 2.75) is 25.4 Å². The quantitative estimate of drug-likeness (QED) is 0.794. The molecule has 25 heavy (non-hydrogen) atoms. The molecular formula is C18H25N5O2. The lowest BCUT2D eigenvalue weighted by molar-refractivity contribution is -0.132. The van der Waals surface area contributed by atoms with E-state index in [1.807, 2.05) is 38.4 Å². The average Bonchev–Trinajstić information content (AvgIpc) is 3.15. The summed E-state index contributed by atoms with van der Waals surface area (Å²) in [5.74, 6) is 1.79. The van der Waals surface area contributed by atoms with Crippen LogP contribution >= 0.6 is 0 Å². The van der Waals surface area contributed by atoms with Crippen LogP contribution in [0.5, 0.6) is 0 Å². The van der Waals surface area contributed by atoms with Gasteiger partial charge in [-0.1, -0.05) is 0 Å². The van der Waals surface area contributed by atoms with Crippen molar-refractivity contribution >= 4 is 11.7 Å². The third-order valence-electron chi connectivity index (χ3n) is 4.69. The maximum atomic E-state index is 12.5. The minimum Gasteiger partial charge on any atom is -0.467 e. The first-order valence-corrected chi connectivity index (χ1v) is 8.62. The fourth-order valence-corrected chi connectivity index (χ4v) is 3.17. The third kappa shape index (κ3) is 4.57. The summed E-state index contributed by atoms with van der Waals surface area (Å²) in [6, 6.07) is 7.94. The van der Waals surface area contributed by atoms with E-state index in [1.54, 1.807) is 17.4 Å². The van der Waals surface area contributed by atoms with Crippen molar-refractivity contribution in [3.63, 3.8) is 0 Å². The number of anilines is 1. The Bertz CT molecular complexity index is 661. The lowest BCUT2D eigenvalue weighted by Gasteiger charge is -2.38. The molecule has 7 heteroatoms. The maximum Gasteiger partial charge on any atom is 0.236 e. The van der Waals surface area contributed by atoms with Crippen molar-refractivity contribution in [3.05, 3.63) is 42.5 Å². The van der Waals surface area contributed by atoms with E-state index in [2.05, 4.69) is 20.0 Å². The van der Waals surface area contributed by atoms with E-state index >= 15 is 0 Å². The van der Waals surface area contributed by atoms with Crippen molar-refractivity contribution in [2.24, 2.45) is 0 Å². The topological polar surface area (TPSA) is 65.7 Å². The standard InChI is InChI=1S/C18H25N5O2/c1-21(14-18(24)22(2)13-16-7-5-11-25-16)15-6-4-10-23(12-15)17-8-3-9-19-20-17/h3,5,7-9,11,15H,4,6,10,12-14H2,1-2H3/t15-/m0/s1. The van der Waals surface area contributed by atoms with Crippen molar-refractivity contribution < 1.29 is 9.21 Å². The van der Waals surface area contributed by atoms with Gasteiger partial charge in [0.05, 0.1) is 19.4 Å². The van der Waals surface area contributed by atoms with E-state index in [0.29, 0.717) is 19.1 Å². The molecule has 1 aliphatic rings. The first-order chi connectivity index (χ1) is 12.1. The lowest BCUT2D eigenvalue weighted by Crippen LogP contribution is -2.49. The fraction of sp³-hybridized carbons (Fsp3) is 0.500. The number of carbonyl (C=O) groups excluding carboxylic acids is 1. The van der Waals surface area contributed by atoms with Gasteiger partial charge in [-0.05, 0) is 44.2 Å². The highest BCUT2D eigenvalue weighted by atomic mass is 16.3. The molecule has 0 saturated carbocycles. The summed E-state index contributed by atoms with van der Waals surface area (Å²) in [6.45, 7) is 2.74. The zero-order chi connectivity index (χ0) is 17.6. The Morgan fingerprint density at radius 3 is 2.96 bits per heavy atom. The van der Waals surface area contributed by atoms with Crippen LogP contribution in [-0.4, -0.2) is 65.7 Å². The van der Waals surface area contributed by atoms with Gasteiger partial charge in [0, 0.05) is 32.4 Å². The Morgan fingerprint density at radius 1 is 1.36 bits per heavy atom. The molecule has 1 amide bonds. The number of furan rings is 1. The highest BCUT2D eigenvalue weighted by Gasteiger charge is 2.26. The van der Waals surface area contributed by atoms with Gasteiger partial charge in [-0.2, -0.15) is 5.10 Å². The number of rotatable bonds is 6. The summed E-state index contributed by atoms with van der Waals surface area (Å²) in [6.07, 6.45) is 5.48. The normalized spacial score (nSPS) is 17.7.